The van der Waals surface area contributed by atoms with Gasteiger partial charge in [0.25, 0.3) is 0 Å². The fourth-order valence-corrected chi connectivity index (χ4v) is 0.738. The van der Waals surface area contributed by atoms with Gasteiger partial charge in [0.15, 0.2) is 4.87 Å². The van der Waals surface area contributed by atoms with E-state index in [-0.39, 0.29) is 0 Å². The van der Waals surface area contributed by atoms with Gasteiger partial charge in [0.05, 0.1) is 0 Å². The summed E-state index contributed by atoms with van der Waals surface area (Å²) in [6, 6.07) is 0. The molecule has 2 unspecified atom stereocenters. The third-order valence-electron chi connectivity index (χ3n) is 1.33. The summed E-state index contributed by atoms with van der Waals surface area (Å²) >= 11 is 3.88. The second-order valence-corrected chi connectivity index (χ2v) is 2.72. The Hall–Kier alpha value is -0.220. The van der Waals surface area contributed by atoms with Crippen molar-refractivity contribution < 1.29 is 9.90 Å². The third kappa shape index (κ3) is 0.605. The summed E-state index contributed by atoms with van der Waals surface area (Å²) in [5.41, 5.74) is 0. The topological polar surface area (TPSA) is 40.3 Å². The van der Waals surface area contributed by atoms with Crippen LogP contribution in [0.4, 0.5) is 0 Å². The van der Waals surface area contributed by atoms with Gasteiger partial charge in [0.2, 0.25) is 0 Å². The maximum atomic E-state index is 10.2. The van der Waals surface area contributed by atoms with Gasteiger partial charge in [0.1, 0.15) is 0 Å². The van der Waals surface area contributed by atoms with Gasteiger partial charge in [-0.25, -0.2) is 4.79 Å². The summed E-state index contributed by atoms with van der Waals surface area (Å²) in [6.07, 6.45) is 0. The van der Waals surface area contributed by atoms with Crippen molar-refractivity contribution in [1.82, 2.24) is 4.90 Å². The zero-order valence-electron chi connectivity index (χ0n) is 4.46. The monoisotopic (exact) mass is 133 g/mol. The van der Waals surface area contributed by atoms with Crippen LogP contribution in [-0.2, 0) is 4.79 Å². The predicted octanol–water partition coefficient (Wildman–Crippen LogP) is -0.358. The van der Waals surface area contributed by atoms with Gasteiger partial charge >= 0.3 is 5.97 Å². The van der Waals surface area contributed by atoms with Crippen LogP contribution >= 0.6 is 12.6 Å². The largest absolute Gasteiger partial charge is 0.479 e. The highest BCUT2D eigenvalue weighted by Crippen LogP contribution is 2.33. The van der Waals surface area contributed by atoms with Crippen molar-refractivity contribution >= 4 is 18.6 Å². The SMILES string of the molecule is CN1CC1(S)C(=O)O. The van der Waals surface area contributed by atoms with Crippen LogP contribution in [0.1, 0.15) is 0 Å². The molecule has 1 rings (SSSR count). The van der Waals surface area contributed by atoms with E-state index < -0.39 is 10.8 Å². The molecule has 0 aliphatic carbocycles. The molecule has 1 saturated heterocycles. The van der Waals surface area contributed by atoms with Crippen molar-refractivity contribution in [3.8, 4) is 0 Å². The first-order chi connectivity index (χ1) is 3.57. The van der Waals surface area contributed by atoms with E-state index in [0.717, 1.165) is 0 Å². The van der Waals surface area contributed by atoms with E-state index >= 15 is 0 Å². The first-order valence-corrected chi connectivity index (χ1v) is 2.69. The summed E-state index contributed by atoms with van der Waals surface area (Å²) in [5.74, 6) is -0.858. The van der Waals surface area contributed by atoms with Crippen LogP contribution in [0, 0.1) is 0 Å². The number of hydrogen-bond acceptors (Lipinski definition) is 3. The first-order valence-electron chi connectivity index (χ1n) is 2.24. The van der Waals surface area contributed by atoms with Crippen molar-refractivity contribution in [2.24, 2.45) is 0 Å². The molecule has 0 aromatic heterocycles. The Kier molecular flexibility index (Phi) is 1.02. The fraction of sp³-hybridized carbons (Fsp3) is 0.750. The molecule has 8 heavy (non-hydrogen) atoms. The number of carboxylic acids is 1. The molecule has 0 radical (unpaired) electrons. The molecule has 0 bridgehead atoms. The number of likely N-dealkylation sites (N-methyl/N-ethyl adjacent to an activating group) is 1. The lowest BCUT2D eigenvalue weighted by molar-refractivity contribution is -0.138. The van der Waals surface area contributed by atoms with Crippen LogP contribution in [0.2, 0.25) is 0 Å². The average Bonchev–Trinajstić information content (AvgIpc) is 2.17. The van der Waals surface area contributed by atoms with E-state index in [0.29, 0.717) is 6.54 Å². The van der Waals surface area contributed by atoms with Crippen LogP contribution in [0.15, 0.2) is 0 Å². The normalized spacial score (nSPS) is 44.0. The van der Waals surface area contributed by atoms with Crippen LogP contribution < -0.4 is 0 Å². The maximum absolute atomic E-state index is 10.2. The Morgan fingerprint density at radius 2 is 2.38 bits per heavy atom. The van der Waals surface area contributed by atoms with E-state index in [1.54, 1.807) is 11.9 Å². The van der Waals surface area contributed by atoms with Gasteiger partial charge in [-0.1, -0.05) is 0 Å². The van der Waals surface area contributed by atoms with Gasteiger partial charge in [0, 0.05) is 6.54 Å². The van der Waals surface area contributed by atoms with E-state index in [1.165, 1.54) is 0 Å². The summed E-state index contributed by atoms with van der Waals surface area (Å²) in [4.78, 5) is 11.0. The summed E-state index contributed by atoms with van der Waals surface area (Å²) < 4.78 is 0. The second-order valence-electron chi connectivity index (χ2n) is 1.98. The zero-order chi connectivity index (χ0) is 6.36. The number of aliphatic carboxylic acids is 1. The highest BCUT2D eigenvalue weighted by Gasteiger charge is 2.53. The smallest absolute Gasteiger partial charge is 0.335 e. The Labute approximate surface area is 52.7 Å². The number of nitrogens with zero attached hydrogens (tertiary/aromatic N) is 1. The average molecular weight is 133 g/mol. The van der Waals surface area contributed by atoms with Gasteiger partial charge in [-0.3, -0.25) is 4.90 Å². The molecule has 1 heterocycles. The molecule has 0 spiro atoms. The zero-order valence-corrected chi connectivity index (χ0v) is 5.35. The molecular formula is C4H7NO2S. The molecular weight excluding hydrogens is 126 g/mol. The van der Waals surface area contributed by atoms with Crippen LogP contribution in [0.5, 0.6) is 0 Å². The maximum Gasteiger partial charge on any atom is 0.335 e. The number of thiol groups is 1. The van der Waals surface area contributed by atoms with Gasteiger partial charge in [-0.2, -0.15) is 0 Å². The fourth-order valence-electron chi connectivity index (χ4n) is 0.526. The standard InChI is InChI=1S/C4H7NO2S/c1-5-2-4(5,8)3(6)7/h8H,2H2,1H3,(H,6,7). The lowest BCUT2D eigenvalue weighted by atomic mass is 10.5. The summed E-state index contributed by atoms with van der Waals surface area (Å²) in [5, 5.41) is 8.36. The number of carboxylic acid groups (broad SMARTS) is 1. The first kappa shape index (κ1) is 5.91. The Balaban J connectivity index is 2.60. The number of carbonyl (C=O) groups is 1. The molecule has 1 N–H and O–H groups in total. The van der Waals surface area contributed by atoms with Crippen LogP contribution in [0.3, 0.4) is 0 Å². The Morgan fingerprint density at radius 3 is 2.38 bits per heavy atom. The third-order valence-corrected chi connectivity index (χ3v) is 2.00. The van der Waals surface area contributed by atoms with Crippen molar-refractivity contribution in [2.45, 2.75) is 4.87 Å². The molecule has 1 fully saturated rings. The molecule has 0 amide bonds. The lowest BCUT2D eigenvalue weighted by Crippen LogP contribution is -2.20. The lowest BCUT2D eigenvalue weighted by Gasteiger charge is -1.97. The molecule has 1 aliphatic rings. The highest BCUT2D eigenvalue weighted by atomic mass is 32.1. The van der Waals surface area contributed by atoms with E-state index in [2.05, 4.69) is 12.6 Å². The van der Waals surface area contributed by atoms with Crippen LogP contribution in [-0.4, -0.2) is 34.4 Å². The van der Waals surface area contributed by atoms with Crippen LogP contribution in [0.25, 0.3) is 0 Å². The molecule has 1 aliphatic heterocycles. The Morgan fingerprint density at radius 1 is 2.00 bits per heavy atom. The van der Waals surface area contributed by atoms with Crippen molar-refractivity contribution in [3.63, 3.8) is 0 Å². The molecule has 0 aromatic rings. The van der Waals surface area contributed by atoms with Gasteiger partial charge in [-0.15, -0.1) is 12.6 Å². The minimum Gasteiger partial charge on any atom is -0.479 e. The summed E-state index contributed by atoms with van der Waals surface area (Å²) in [7, 11) is 1.72. The van der Waals surface area contributed by atoms with Crippen molar-refractivity contribution in [3.05, 3.63) is 0 Å². The summed E-state index contributed by atoms with van der Waals surface area (Å²) in [6.45, 7) is 0.547. The van der Waals surface area contributed by atoms with E-state index in [1.807, 2.05) is 0 Å². The van der Waals surface area contributed by atoms with Gasteiger partial charge < -0.3 is 5.11 Å². The number of hydrogen-bond donors (Lipinski definition) is 2. The van der Waals surface area contributed by atoms with Crippen molar-refractivity contribution in [1.29, 1.82) is 0 Å². The molecule has 0 aromatic carbocycles. The van der Waals surface area contributed by atoms with E-state index in [4.69, 9.17) is 5.11 Å². The minimum atomic E-state index is -0.858. The molecule has 2 atom stereocenters. The van der Waals surface area contributed by atoms with E-state index in [9.17, 15) is 4.79 Å². The highest BCUT2D eigenvalue weighted by molar-refractivity contribution is 7.83. The number of rotatable bonds is 1. The Bertz CT molecular complexity index is 138. The molecule has 3 nitrogen and oxygen atoms in total. The quantitative estimate of drug-likeness (QED) is 0.379. The minimum absolute atomic E-state index is 0.547. The predicted molar refractivity (Wildman–Crippen MR) is 32.0 cm³/mol. The van der Waals surface area contributed by atoms with Gasteiger partial charge in [-0.05, 0) is 7.05 Å². The molecule has 0 saturated carbocycles. The molecule has 4 heteroatoms. The molecule has 46 valence electrons. The van der Waals surface area contributed by atoms with Crippen molar-refractivity contribution in [2.75, 3.05) is 13.6 Å². The second kappa shape index (κ2) is 1.39.